The van der Waals surface area contributed by atoms with Gasteiger partial charge in [-0.3, -0.25) is 0 Å². The zero-order valence-electron chi connectivity index (χ0n) is 9.55. The van der Waals surface area contributed by atoms with Crippen molar-refractivity contribution in [1.29, 1.82) is 0 Å². The van der Waals surface area contributed by atoms with Gasteiger partial charge in [0.05, 0.1) is 0 Å². The lowest BCUT2D eigenvalue weighted by atomic mass is 10.1. The SMILES string of the molecule is CCCNc1nccc2c(C)cc(Cl)cc12. The number of aromatic nitrogens is 1. The third kappa shape index (κ3) is 2.12. The van der Waals surface area contributed by atoms with E-state index in [4.69, 9.17) is 11.6 Å². The van der Waals surface area contributed by atoms with Crippen molar-refractivity contribution < 1.29 is 0 Å². The topological polar surface area (TPSA) is 24.9 Å². The fourth-order valence-corrected chi connectivity index (χ4v) is 2.08. The van der Waals surface area contributed by atoms with E-state index in [0.717, 1.165) is 29.2 Å². The molecular formula is C13H15ClN2. The molecule has 0 amide bonds. The molecule has 16 heavy (non-hydrogen) atoms. The van der Waals surface area contributed by atoms with Crippen LogP contribution in [0, 0.1) is 6.92 Å². The summed E-state index contributed by atoms with van der Waals surface area (Å²) in [4.78, 5) is 4.36. The van der Waals surface area contributed by atoms with Gasteiger partial charge in [0.25, 0.3) is 0 Å². The first-order valence-electron chi connectivity index (χ1n) is 5.51. The normalized spacial score (nSPS) is 10.7. The molecule has 0 bridgehead atoms. The summed E-state index contributed by atoms with van der Waals surface area (Å²) in [5.74, 6) is 0.921. The van der Waals surface area contributed by atoms with Crippen LogP contribution in [0.3, 0.4) is 0 Å². The summed E-state index contributed by atoms with van der Waals surface area (Å²) in [6.45, 7) is 5.13. The third-order valence-corrected chi connectivity index (χ3v) is 2.81. The molecular weight excluding hydrogens is 220 g/mol. The van der Waals surface area contributed by atoms with Gasteiger partial charge in [0.1, 0.15) is 5.82 Å². The fourth-order valence-electron chi connectivity index (χ4n) is 1.81. The Kier molecular flexibility index (Phi) is 3.30. The van der Waals surface area contributed by atoms with Crippen LogP contribution < -0.4 is 5.32 Å². The Morgan fingerprint density at radius 1 is 1.31 bits per heavy atom. The molecule has 0 saturated carbocycles. The van der Waals surface area contributed by atoms with Gasteiger partial charge in [-0.2, -0.15) is 0 Å². The van der Waals surface area contributed by atoms with Crippen molar-refractivity contribution in [2.24, 2.45) is 0 Å². The summed E-state index contributed by atoms with van der Waals surface area (Å²) in [5, 5.41) is 6.39. The standard InChI is InChI=1S/C13H15ClN2/c1-3-5-15-13-12-8-10(14)7-9(2)11(12)4-6-16-13/h4,6-8H,3,5H2,1-2H3,(H,15,16). The van der Waals surface area contributed by atoms with Gasteiger partial charge in [0.2, 0.25) is 0 Å². The molecule has 0 radical (unpaired) electrons. The lowest BCUT2D eigenvalue weighted by Crippen LogP contribution is -2.02. The molecule has 0 fully saturated rings. The van der Waals surface area contributed by atoms with Crippen LogP contribution in [-0.4, -0.2) is 11.5 Å². The summed E-state index contributed by atoms with van der Waals surface area (Å²) in [6.07, 6.45) is 2.92. The number of pyridine rings is 1. The van der Waals surface area contributed by atoms with Gasteiger partial charge in [-0.25, -0.2) is 4.98 Å². The summed E-state index contributed by atoms with van der Waals surface area (Å²) in [5.41, 5.74) is 1.18. The first kappa shape index (κ1) is 11.2. The average molecular weight is 235 g/mol. The zero-order chi connectivity index (χ0) is 11.5. The molecule has 0 aliphatic carbocycles. The molecule has 0 aliphatic heterocycles. The van der Waals surface area contributed by atoms with Crippen molar-refractivity contribution in [2.45, 2.75) is 20.3 Å². The number of hydrogen-bond acceptors (Lipinski definition) is 2. The molecule has 1 aromatic carbocycles. The van der Waals surface area contributed by atoms with Gasteiger partial charge in [0.15, 0.2) is 0 Å². The molecule has 1 N–H and O–H groups in total. The van der Waals surface area contributed by atoms with E-state index in [1.165, 1.54) is 10.9 Å². The lowest BCUT2D eigenvalue weighted by Gasteiger charge is -2.09. The van der Waals surface area contributed by atoms with E-state index < -0.39 is 0 Å². The second-order valence-electron chi connectivity index (χ2n) is 3.90. The van der Waals surface area contributed by atoms with Crippen LogP contribution in [0.1, 0.15) is 18.9 Å². The molecule has 0 atom stereocenters. The minimum absolute atomic E-state index is 0.762. The smallest absolute Gasteiger partial charge is 0.133 e. The highest BCUT2D eigenvalue weighted by atomic mass is 35.5. The molecule has 2 aromatic rings. The molecule has 0 aliphatic rings. The van der Waals surface area contributed by atoms with E-state index in [1.54, 1.807) is 0 Å². The van der Waals surface area contributed by atoms with Gasteiger partial charge in [-0.1, -0.05) is 18.5 Å². The van der Waals surface area contributed by atoms with Crippen molar-refractivity contribution in [1.82, 2.24) is 4.98 Å². The molecule has 0 unspecified atom stereocenters. The average Bonchev–Trinajstić information content (AvgIpc) is 2.26. The number of aryl methyl sites for hydroxylation is 1. The van der Waals surface area contributed by atoms with Crippen LogP contribution in [0.15, 0.2) is 24.4 Å². The van der Waals surface area contributed by atoms with E-state index in [9.17, 15) is 0 Å². The van der Waals surface area contributed by atoms with Crippen molar-refractivity contribution in [3.63, 3.8) is 0 Å². The molecule has 2 rings (SSSR count). The first-order valence-corrected chi connectivity index (χ1v) is 5.89. The molecule has 3 heteroatoms. The quantitative estimate of drug-likeness (QED) is 0.868. The van der Waals surface area contributed by atoms with Crippen LogP contribution >= 0.6 is 11.6 Å². The maximum atomic E-state index is 6.07. The molecule has 0 spiro atoms. The number of benzene rings is 1. The van der Waals surface area contributed by atoms with Gasteiger partial charge >= 0.3 is 0 Å². The first-order chi connectivity index (χ1) is 7.72. The minimum Gasteiger partial charge on any atom is -0.370 e. The van der Waals surface area contributed by atoms with Crippen LogP contribution in [0.25, 0.3) is 10.8 Å². The number of hydrogen-bond donors (Lipinski definition) is 1. The molecule has 84 valence electrons. The number of anilines is 1. The van der Waals surface area contributed by atoms with Gasteiger partial charge in [0, 0.05) is 23.2 Å². The predicted octanol–water partition coefficient (Wildman–Crippen LogP) is 4.02. The number of fused-ring (bicyclic) bond motifs is 1. The highest BCUT2D eigenvalue weighted by Crippen LogP contribution is 2.27. The molecule has 0 saturated heterocycles. The number of halogens is 1. The number of nitrogens with zero attached hydrogens (tertiary/aromatic N) is 1. The fraction of sp³-hybridized carbons (Fsp3) is 0.308. The maximum Gasteiger partial charge on any atom is 0.133 e. The summed E-state index contributed by atoms with van der Waals surface area (Å²) < 4.78 is 0. The van der Waals surface area contributed by atoms with Crippen molar-refractivity contribution in [3.05, 3.63) is 35.0 Å². The van der Waals surface area contributed by atoms with E-state index in [2.05, 4.69) is 24.1 Å². The highest BCUT2D eigenvalue weighted by Gasteiger charge is 2.05. The Bertz CT molecular complexity index is 509. The van der Waals surface area contributed by atoms with Crippen molar-refractivity contribution in [2.75, 3.05) is 11.9 Å². The van der Waals surface area contributed by atoms with Gasteiger partial charge in [-0.05, 0) is 42.5 Å². The zero-order valence-corrected chi connectivity index (χ0v) is 10.3. The third-order valence-electron chi connectivity index (χ3n) is 2.59. The van der Waals surface area contributed by atoms with Crippen molar-refractivity contribution >= 4 is 28.2 Å². The highest BCUT2D eigenvalue weighted by molar-refractivity contribution is 6.31. The molecule has 1 aromatic heterocycles. The van der Waals surface area contributed by atoms with Gasteiger partial charge < -0.3 is 5.32 Å². The second kappa shape index (κ2) is 4.71. The molecule has 2 nitrogen and oxygen atoms in total. The van der Waals surface area contributed by atoms with Crippen LogP contribution in [0.5, 0.6) is 0 Å². The van der Waals surface area contributed by atoms with Gasteiger partial charge in [-0.15, -0.1) is 0 Å². The Balaban J connectivity index is 2.57. The number of rotatable bonds is 3. The minimum atomic E-state index is 0.762. The summed E-state index contributed by atoms with van der Waals surface area (Å²) in [6, 6.07) is 5.97. The molecule has 1 heterocycles. The second-order valence-corrected chi connectivity index (χ2v) is 4.34. The monoisotopic (exact) mass is 234 g/mol. The Hall–Kier alpha value is -1.28. The van der Waals surface area contributed by atoms with E-state index in [1.807, 2.05) is 24.4 Å². The summed E-state index contributed by atoms with van der Waals surface area (Å²) in [7, 11) is 0. The maximum absolute atomic E-state index is 6.07. The van der Waals surface area contributed by atoms with E-state index in [0.29, 0.717) is 0 Å². The lowest BCUT2D eigenvalue weighted by molar-refractivity contribution is 0.972. The van der Waals surface area contributed by atoms with Crippen LogP contribution in [0.4, 0.5) is 5.82 Å². The van der Waals surface area contributed by atoms with Crippen LogP contribution in [-0.2, 0) is 0 Å². The van der Waals surface area contributed by atoms with E-state index >= 15 is 0 Å². The van der Waals surface area contributed by atoms with Crippen LogP contribution in [0.2, 0.25) is 5.02 Å². The van der Waals surface area contributed by atoms with Crippen molar-refractivity contribution in [3.8, 4) is 0 Å². The number of nitrogens with one attached hydrogen (secondary N) is 1. The Labute approximate surface area is 101 Å². The summed E-state index contributed by atoms with van der Waals surface area (Å²) >= 11 is 6.07. The Morgan fingerprint density at radius 3 is 2.88 bits per heavy atom. The predicted molar refractivity (Wildman–Crippen MR) is 70.3 cm³/mol. The van der Waals surface area contributed by atoms with E-state index in [-0.39, 0.29) is 0 Å². The Morgan fingerprint density at radius 2 is 2.12 bits per heavy atom. The largest absolute Gasteiger partial charge is 0.370 e.